The topological polar surface area (TPSA) is 83.3 Å². The Morgan fingerprint density at radius 3 is 2.74 bits per heavy atom. The zero-order valence-corrected chi connectivity index (χ0v) is 10.5. The van der Waals surface area contributed by atoms with Crippen molar-refractivity contribution in [1.82, 2.24) is 19.6 Å². The van der Waals surface area contributed by atoms with Crippen LogP contribution in [0.2, 0.25) is 0 Å². The second-order valence-corrected chi connectivity index (χ2v) is 4.32. The maximum Gasteiger partial charge on any atom is 0.277 e. The van der Waals surface area contributed by atoms with E-state index in [0.717, 1.165) is 0 Å². The van der Waals surface area contributed by atoms with Crippen LogP contribution in [0, 0.1) is 13.8 Å². The van der Waals surface area contributed by atoms with Crippen molar-refractivity contribution in [3.63, 3.8) is 0 Å². The molecule has 0 amide bonds. The Morgan fingerprint density at radius 2 is 2.00 bits per heavy atom. The number of phenolic OH excluding ortho intramolecular Hbond substituents is 1. The lowest BCUT2D eigenvalue weighted by Crippen LogP contribution is -2.14. The molecule has 0 aliphatic heterocycles. The van der Waals surface area contributed by atoms with E-state index in [2.05, 4.69) is 15.1 Å². The van der Waals surface area contributed by atoms with Crippen LogP contribution in [-0.2, 0) is 0 Å². The summed E-state index contributed by atoms with van der Waals surface area (Å²) in [5.74, 6) is 1.02. The highest BCUT2D eigenvalue weighted by molar-refractivity contribution is 5.64. The van der Waals surface area contributed by atoms with Gasteiger partial charge in [0.05, 0.1) is 11.3 Å². The number of benzene rings is 1. The number of hydrogen-bond acceptors (Lipinski definition) is 4. The van der Waals surface area contributed by atoms with Crippen molar-refractivity contribution in [2.45, 2.75) is 13.8 Å². The second kappa shape index (κ2) is 3.94. The lowest BCUT2D eigenvalue weighted by Gasteiger charge is -2.04. The number of aryl methyl sites for hydroxylation is 2. The number of aromatic amines is 1. The van der Waals surface area contributed by atoms with Gasteiger partial charge < -0.3 is 10.1 Å². The fourth-order valence-corrected chi connectivity index (χ4v) is 2.13. The number of imidazole rings is 1. The average molecular weight is 256 g/mol. The second-order valence-electron chi connectivity index (χ2n) is 4.32. The van der Waals surface area contributed by atoms with Crippen molar-refractivity contribution in [2.24, 2.45) is 0 Å². The molecule has 96 valence electrons. The van der Waals surface area contributed by atoms with Crippen LogP contribution in [0.4, 0.5) is 0 Å². The molecule has 0 saturated carbocycles. The van der Waals surface area contributed by atoms with Crippen molar-refractivity contribution in [3.05, 3.63) is 46.1 Å². The SMILES string of the molecule is Cc1nc(C)n2nc(-c3ccccc3O)[nH]c(=O)c12. The van der Waals surface area contributed by atoms with Gasteiger partial charge in [-0.25, -0.2) is 9.50 Å². The molecule has 0 saturated heterocycles. The molecule has 2 N–H and O–H groups in total. The van der Waals surface area contributed by atoms with Gasteiger partial charge in [-0.2, -0.15) is 0 Å². The fraction of sp³-hybridized carbons (Fsp3) is 0.154. The summed E-state index contributed by atoms with van der Waals surface area (Å²) >= 11 is 0. The molecule has 0 aliphatic carbocycles. The van der Waals surface area contributed by atoms with E-state index in [4.69, 9.17) is 0 Å². The van der Waals surface area contributed by atoms with Crippen LogP contribution in [0.3, 0.4) is 0 Å². The predicted octanol–water partition coefficient (Wildman–Crippen LogP) is 1.41. The first-order valence-electron chi connectivity index (χ1n) is 5.82. The first kappa shape index (κ1) is 11.5. The molecule has 0 aliphatic rings. The van der Waals surface area contributed by atoms with E-state index in [1.807, 2.05) is 0 Å². The van der Waals surface area contributed by atoms with E-state index in [0.29, 0.717) is 28.4 Å². The van der Waals surface area contributed by atoms with Gasteiger partial charge in [0.1, 0.15) is 11.6 Å². The van der Waals surface area contributed by atoms with E-state index >= 15 is 0 Å². The Hall–Kier alpha value is -2.63. The molecule has 3 rings (SSSR count). The molecule has 0 spiro atoms. The summed E-state index contributed by atoms with van der Waals surface area (Å²) in [4.78, 5) is 19.0. The van der Waals surface area contributed by atoms with Gasteiger partial charge in [-0.3, -0.25) is 4.79 Å². The number of nitrogens with zero attached hydrogens (tertiary/aromatic N) is 3. The van der Waals surface area contributed by atoms with Crippen LogP contribution in [-0.4, -0.2) is 24.7 Å². The number of para-hydroxylation sites is 1. The summed E-state index contributed by atoms with van der Waals surface area (Å²) in [5.41, 5.74) is 1.27. The first-order valence-corrected chi connectivity index (χ1v) is 5.82. The normalized spacial score (nSPS) is 11.1. The number of aromatic hydroxyl groups is 1. The Kier molecular flexibility index (Phi) is 2.38. The zero-order valence-electron chi connectivity index (χ0n) is 10.5. The van der Waals surface area contributed by atoms with Gasteiger partial charge in [-0.15, -0.1) is 5.10 Å². The molecular formula is C13H12N4O2. The number of H-pyrrole nitrogens is 1. The number of phenols is 1. The highest BCUT2D eigenvalue weighted by Crippen LogP contribution is 2.24. The third-order valence-electron chi connectivity index (χ3n) is 3.00. The molecule has 0 radical (unpaired) electrons. The summed E-state index contributed by atoms with van der Waals surface area (Å²) in [6.07, 6.45) is 0. The maximum absolute atomic E-state index is 12.1. The van der Waals surface area contributed by atoms with Gasteiger partial charge in [-0.05, 0) is 26.0 Å². The number of hydrogen-bond donors (Lipinski definition) is 2. The third-order valence-corrected chi connectivity index (χ3v) is 3.00. The highest BCUT2D eigenvalue weighted by atomic mass is 16.3. The molecule has 6 heteroatoms. The van der Waals surface area contributed by atoms with E-state index < -0.39 is 0 Å². The minimum atomic E-state index is -0.272. The number of aromatic nitrogens is 4. The van der Waals surface area contributed by atoms with Crippen molar-refractivity contribution in [1.29, 1.82) is 0 Å². The fourth-order valence-electron chi connectivity index (χ4n) is 2.13. The van der Waals surface area contributed by atoms with E-state index in [9.17, 15) is 9.90 Å². The number of nitrogens with one attached hydrogen (secondary N) is 1. The number of fused-ring (bicyclic) bond motifs is 1. The van der Waals surface area contributed by atoms with E-state index in [-0.39, 0.29) is 11.3 Å². The summed E-state index contributed by atoms with van der Waals surface area (Å²) in [6, 6.07) is 6.72. The molecule has 0 unspecified atom stereocenters. The molecule has 1 aromatic carbocycles. The predicted molar refractivity (Wildman–Crippen MR) is 70.2 cm³/mol. The van der Waals surface area contributed by atoms with Gasteiger partial charge in [-0.1, -0.05) is 12.1 Å². The molecule has 6 nitrogen and oxygen atoms in total. The van der Waals surface area contributed by atoms with Crippen LogP contribution in [0.15, 0.2) is 29.1 Å². The summed E-state index contributed by atoms with van der Waals surface area (Å²) < 4.78 is 1.50. The molecule has 2 heterocycles. The van der Waals surface area contributed by atoms with Crippen LogP contribution < -0.4 is 5.56 Å². The van der Waals surface area contributed by atoms with Gasteiger partial charge in [0, 0.05) is 0 Å². The smallest absolute Gasteiger partial charge is 0.277 e. The first-order chi connectivity index (χ1) is 9.08. The lowest BCUT2D eigenvalue weighted by atomic mass is 10.2. The molecular weight excluding hydrogens is 244 g/mol. The molecule has 0 bridgehead atoms. The van der Waals surface area contributed by atoms with Crippen molar-refractivity contribution in [3.8, 4) is 17.1 Å². The van der Waals surface area contributed by atoms with E-state index in [1.54, 1.807) is 38.1 Å². The highest BCUT2D eigenvalue weighted by Gasteiger charge is 2.13. The lowest BCUT2D eigenvalue weighted by molar-refractivity contribution is 0.476. The Balaban J connectivity index is 2.36. The average Bonchev–Trinajstić information content (AvgIpc) is 2.65. The van der Waals surface area contributed by atoms with E-state index in [1.165, 1.54) is 4.52 Å². The minimum absolute atomic E-state index is 0.0690. The molecule has 19 heavy (non-hydrogen) atoms. The largest absolute Gasteiger partial charge is 0.507 e. The summed E-state index contributed by atoms with van der Waals surface area (Å²) in [5, 5.41) is 14.1. The number of rotatable bonds is 1. The molecule has 2 aromatic heterocycles. The van der Waals surface area contributed by atoms with Gasteiger partial charge in [0.25, 0.3) is 5.56 Å². The molecule has 3 aromatic rings. The standard InChI is InChI=1S/C13H12N4O2/c1-7-11-13(19)15-12(16-17(11)8(2)14-7)9-5-3-4-6-10(9)18/h3-6,18H,1-2H3,(H,15,16,19). The van der Waals surface area contributed by atoms with Crippen LogP contribution in [0.5, 0.6) is 5.75 Å². The summed E-state index contributed by atoms with van der Waals surface area (Å²) in [6.45, 7) is 3.54. The molecule has 0 fully saturated rings. The minimum Gasteiger partial charge on any atom is -0.507 e. The van der Waals surface area contributed by atoms with Crippen LogP contribution in [0.1, 0.15) is 11.5 Å². The van der Waals surface area contributed by atoms with Crippen molar-refractivity contribution < 1.29 is 5.11 Å². The summed E-state index contributed by atoms with van der Waals surface area (Å²) in [7, 11) is 0. The van der Waals surface area contributed by atoms with Crippen LogP contribution in [0.25, 0.3) is 16.9 Å². The van der Waals surface area contributed by atoms with Crippen molar-refractivity contribution in [2.75, 3.05) is 0 Å². The monoisotopic (exact) mass is 256 g/mol. The Bertz CT molecular complexity index is 832. The Labute approximate surface area is 108 Å². The van der Waals surface area contributed by atoms with Crippen molar-refractivity contribution >= 4 is 5.52 Å². The third kappa shape index (κ3) is 1.69. The van der Waals surface area contributed by atoms with Gasteiger partial charge in [0.2, 0.25) is 0 Å². The van der Waals surface area contributed by atoms with Crippen LogP contribution >= 0.6 is 0 Å². The quantitative estimate of drug-likeness (QED) is 0.689. The maximum atomic E-state index is 12.1. The van der Waals surface area contributed by atoms with Gasteiger partial charge >= 0.3 is 0 Å². The zero-order chi connectivity index (χ0) is 13.6. The van der Waals surface area contributed by atoms with Gasteiger partial charge in [0.15, 0.2) is 11.3 Å². The Morgan fingerprint density at radius 1 is 1.26 bits per heavy atom. The molecule has 0 atom stereocenters.